The van der Waals surface area contributed by atoms with Crippen LogP contribution in [-0.2, 0) is 4.79 Å². The van der Waals surface area contributed by atoms with Crippen molar-refractivity contribution in [3.8, 4) is 0 Å². The second kappa shape index (κ2) is 4.08. The van der Waals surface area contributed by atoms with Crippen LogP contribution in [0, 0.1) is 12.8 Å². The first-order valence-corrected chi connectivity index (χ1v) is 7.78. The number of aryl methyl sites for hydroxylation is 1. The lowest BCUT2D eigenvalue weighted by Gasteiger charge is -2.31. The summed E-state index contributed by atoms with van der Waals surface area (Å²) in [6.45, 7) is 4.36. The molecule has 1 N–H and O–H groups in total. The highest BCUT2D eigenvalue weighted by molar-refractivity contribution is 5.92. The lowest BCUT2D eigenvalue weighted by Crippen LogP contribution is -2.40. The molecule has 2 aliphatic carbocycles. The van der Waals surface area contributed by atoms with Gasteiger partial charge in [-0.2, -0.15) is 0 Å². The summed E-state index contributed by atoms with van der Waals surface area (Å²) in [5, 5.41) is 3.64. The number of benzene rings is 1. The van der Waals surface area contributed by atoms with Crippen molar-refractivity contribution >= 4 is 5.91 Å². The molecule has 1 amide bonds. The molecule has 0 aromatic heterocycles. The molecule has 2 atom stereocenters. The summed E-state index contributed by atoms with van der Waals surface area (Å²) < 4.78 is 0. The Hall–Kier alpha value is -1.35. The summed E-state index contributed by atoms with van der Waals surface area (Å²) in [7, 11) is 0. The van der Waals surface area contributed by atoms with E-state index in [4.69, 9.17) is 0 Å². The fourth-order valence-electron chi connectivity index (χ4n) is 3.59. The topological polar surface area (TPSA) is 32.3 Å². The van der Waals surface area contributed by atoms with Gasteiger partial charge in [0.05, 0.1) is 0 Å². The zero-order chi connectivity index (χ0) is 13.9. The van der Waals surface area contributed by atoms with Gasteiger partial charge in [-0.3, -0.25) is 10.1 Å². The van der Waals surface area contributed by atoms with Gasteiger partial charge in [0.1, 0.15) is 11.7 Å². The number of rotatable bonds is 3. The Bertz CT molecular complexity index is 560. The molecule has 1 saturated heterocycles. The second-order valence-electron chi connectivity index (χ2n) is 6.78. The number of hydrogen-bond donors (Lipinski definition) is 1. The molecule has 0 bridgehead atoms. The van der Waals surface area contributed by atoms with E-state index in [0.29, 0.717) is 17.9 Å². The Labute approximate surface area is 120 Å². The molecule has 106 valence electrons. The first kappa shape index (κ1) is 12.4. The molecular weight excluding hydrogens is 248 g/mol. The van der Waals surface area contributed by atoms with E-state index in [0.717, 1.165) is 12.8 Å². The molecule has 0 radical (unpaired) electrons. The molecule has 1 spiro atoms. The summed E-state index contributed by atoms with van der Waals surface area (Å²) in [5.74, 6) is 1.05. The molecule has 1 aromatic rings. The normalized spacial score (nSPS) is 29.0. The van der Waals surface area contributed by atoms with E-state index in [1.807, 2.05) is 0 Å². The number of carbonyl (C=O) groups excluding carboxylic acids is 1. The highest BCUT2D eigenvalue weighted by Gasteiger charge is 2.61. The van der Waals surface area contributed by atoms with Crippen LogP contribution in [0.5, 0.6) is 0 Å². The highest BCUT2D eigenvalue weighted by atomic mass is 16.2. The molecule has 1 aromatic carbocycles. The van der Waals surface area contributed by atoms with Crippen LogP contribution in [0.2, 0.25) is 0 Å². The van der Waals surface area contributed by atoms with E-state index in [-0.39, 0.29) is 11.7 Å². The van der Waals surface area contributed by atoms with Gasteiger partial charge >= 0.3 is 0 Å². The summed E-state index contributed by atoms with van der Waals surface area (Å²) in [4.78, 5) is 15.0. The summed E-state index contributed by atoms with van der Waals surface area (Å²) >= 11 is 0. The largest absolute Gasteiger partial charge is 0.318 e. The van der Waals surface area contributed by atoms with Crippen molar-refractivity contribution in [2.75, 3.05) is 0 Å². The van der Waals surface area contributed by atoms with Crippen molar-refractivity contribution in [3.63, 3.8) is 0 Å². The van der Waals surface area contributed by atoms with E-state index < -0.39 is 0 Å². The van der Waals surface area contributed by atoms with Gasteiger partial charge in [-0.05, 0) is 56.6 Å². The molecule has 1 aliphatic heterocycles. The van der Waals surface area contributed by atoms with Gasteiger partial charge in [-0.1, -0.05) is 24.3 Å². The van der Waals surface area contributed by atoms with Gasteiger partial charge in [-0.15, -0.1) is 0 Å². The molecule has 4 rings (SSSR count). The van der Waals surface area contributed by atoms with Gasteiger partial charge in [0.2, 0.25) is 5.91 Å². The average Bonchev–Trinajstić information content (AvgIpc) is 3.32. The van der Waals surface area contributed by atoms with Crippen LogP contribution in [-0.4, -0.2) is 22.4 Å². The number of nitrogens with one attached hydrogen (secondary N) is 1. The van der Waals surface area contributed by atoms with Crippen molar-refractivity contribution in [1.29, 1.82) is 0 Å². The van der Waals surface area contributed by atoms with Crippen LogP contribution in [0.4, 0.5) is 0 Å². The Kier molecular flexibility index (Phi) is 2.53. The quantitative estimate of drug-likeness (QED) is 0.916. The fourth-order valence-corrected chi connectivity index (χ4v) is 3.59. The Morgan fingerprint density at radius 1 is 1.30 bits per heavy atom. The van der Waals surface area contributed by atoms with Gasteiger partial charge in [-0.25, -0.2) is 0 Å². The van der Waals surface area contributed by atoms with Crippen molar-refractivity contribution in [2.45, 2.75) is 57.3 Å². The third-order valence-electron chi connectivity index (χ3n) is 5.31. The minimum absolute atomic E-state index is 0.0711. The standard InChI is InChI=1S/C17H22N2O/c1-11-5-3-4-6-14(11)15-18-17(9-10-17)16(20)19(15)12(2)13-7-8-13/h3-6,12-13,15,18H,7-10H2,1-2H3. The van der Waals surface area contributed by atoms with E-state index in [1.54, 1.807) is 0 Å². The van der Waals surface area contributed by atoms with Crippen LogP contribution < -0.4 is 5.32 Å². The third-order valence-corrected chi connectivity index (χ3v) is 5.31. The van der Waals surface area contributed by atoms with Gasteiger partial charge in [0.15, 0.2) is 0 Å². The predicted molar refractivity (Wildman–Crippen MR) is 78.1 cm³/mol. The first-order valence-electron chi connectivity index (χ1n) is 7.78. The Morgan fingerprint density at radius 2 is 2.00 bits per heavy atom. The van der Waals surface area contributed by atoms with Gasteiger partial charge in [0, 0.05) is 6.04 Å². The number of carbonyl (C=O) groups is 1. The third kappa shape index (κ3) is 1.72. The number of hydrogen-bond acceptors (Lipinski definition) is 2. The number of nitrogens with zero attached hydrogens (tertiary/aromatic N) is 1. The average molecular weight is 270 g/mol. The molecule has 3 aliphatic rings. The summed E-state index contributed by atoms with van der Waals surface area (Å²) in [5.41, 5.74) is 2.30. The number of amides is 1. The Morgan fingerprint density at radius 3 is 2.60 bits per heavy atom. The van der Waals surface area contributed by atoms with E-state index in [2.05, 4.69) is 48.3 Å². The minimum atomic E-state index is -0.226. The van der Waals surface area contributed by atoms with Crippen LogP contribution in [0.15, 0.2) is 24.3 Å². The second-order valence-corrected chi connectivity index (χ2v) is 6.78. The van der Waals surface area contributed by atoms with E-state index in [1.165, 1.54) is 24.0 Å². The SMILES string of the molecule is Cc1ccccc1C1NC2(CC2)C(=O)N1C(C)C1CC1. The van der Waals surface area contributed by atoms with Crippen molar-refractivity contribution < 1.29 is 4.79 Å². The van der Waals surface area contributed by atoms with Crippen LogP contribution >= 0.6 is 0 Å². The van der Waals surface area contributed by atoms with Crippen LogP contribution in [0.1, 0.15) is 49.9 Å². The molecule has 20 heavy (non-hydrogen) atoms. The lowest BCUT2D eigenvalue weighted by atomic mass is 10.0. The molecule has 2 unspecified atom stereocenters. The maximum atomic E-state index is 12.8. The molecule has 1 heterocycles. The van der Waals surface area contributed by atoms with Gasteiger partial charge < -0.3 is 4.90 Å². The molecular formula is C17H22N2O. The Balaban J connectivity index is 1.72. The minimum Gasteiger partial charge on any atom is -0.318 e. The first-order chi connectivity index (χ1) is 9.62. The van der Waals surface area contributed by atoms with Crippen molar-refractivity contribution in [3.05, 3.63) is 35.4 Å². The fraction of sp³-hybridized carbons (Fsp3) is 0.588. The van der Waals surface area contributed by atoms with Crippen LogP contribution in [0.25, 0.3) is 0 Å². The summed E-state index contributed by atoms with van der Waals surface area (Å²) in [6, 6.07) is 8.80. The van der Waals surface area contributed by atoms with Crippen LogP contribution in [0.3, 0.4) is 0 Å². The zero-order valence-corrected chi connectivity index (χ0v) is 12.2. The molecule has 2 saturated carbocycles. The molecule has 3 heteroatoms. The maximum Gasteiger partial charge on any atom is 0.244 e. The lowest BCUT2D eigenvalue weighted by molar-refractivity contribution is -0.133. The zero-order valence-electron chi connectivity index (χ0n) is 12.2. The monoisotopic (exact) mass is 270 g/mol. The van der Waals surface area contributed by atoms with Crippen molar-refractivity contribution in [2.24, 2.45) is 5.92 Å². The van der Waals surface area contributed by atoms with E-state index >= 15 is 0 Å². The molecule has 3 fully saturated rings. The van der Waals surface area contributed by atoms with E-state index in [9.17, 15) is 4.79 Å². The molecule has 3 nitrogen and oxygen atoms in total. The predicted octanol–water partition coefficient (Wildman–Crippen LogP) is 2.76. The smallest absolute Gasteiger partial charge is 0.244 e. The summed E-state index contributed by atoms with van der Waals surface area (Å²) in [6.07, 6.45) is 4.63. The maximum absolute atomic E-state index is 12.8. The van der Waals surface area contributed by atoms with Crippen molar-refractivity contribution in [1.82, 2.24) is 10.2 Å². The van der Waals surface area contributed by atoms with Gasteiger partial charge in [0.25, 0.3) is 0 Å². The highest BCUT2D eigenvalue weighted by Crippen LogP contribution is 2.49.